The fourth-order valence-electron chi connectivity index (χ4n) is 2.70. The lowest BCUT2D eigenvalue weighted by molar-refractivity contribution is -0.138. The van der Waals surface area contributed by atoms with Crippen LogP contribution in [0.1, 0.15) is 0 Å². The number of hydrogen-bond acceptors (Lipinski definition) is 3. The van der Waals surface area contributed by atoms with Crippen molar-refractivity contribution in [2.75, 3.05) is 44.2 Å². The van der Waals surface area contributed by atoms with Crippen LogP contribution in [0, 0.1) is 5.82 Å². The maximum Gasteiger partial charge on any atom is 0.325 e. The fourth-order valence-corrected chi connectivity index (χ4v) is 2.70. The number of nitrogens with one attached hydrogen (secondary N) is 1. The summed E-state index contributed by atoms with van der Waals surface area (Å²) in [4.78, 5) is 40.3. The predicted octanol–water partition coefficient (Wildman–Crippen LogP) is 0.0261. The van der Waals surface area contributed by atoms with Crippen molar-refractivity contribution in [1.82, 2.24) is 15.1 Å². The van der Waals surface area contributed by atoms with Gasteiger partial charge in [0.25, 0.3) is 0 Å². The molecule has 0 unspecified atom stereocenters. The van der Waals surface area contributed by atoms with E-state index in [1.165, 1.54) is 39.0 Å². The van der Waals surface area contributed by atoms with Crippen LogP contribution in [0.15, 0.2) is 24.3 Å². The van der Waals surface area contributed by atoms with Gasteiger partial charge in [-0.1, -0.05) is 0 Å². The van der Waals surface area contributed by atoms with E-state index in [4.69, 9.17) is 0 Å². The Kier molecular flexibility index (Phi) is 4.14. The molecule has 7 nitrogen and oxygen atoms in total. The van der Waals surface area contributed by atoms with Crippen LogP contribution < -0.4 is 10.2 Å². The summed E-state index contributed by atoms with van der Waals surface area (Å²) in [5, 5.41) is 2.65. The summed E-state index contributed by atoms with van der Waals surface area (Å²) in [6, 6.07) is 5.37. The summed E-state index contributed by atoms with van der Waals surface area (Å²) in [5.74, 6) is -0.796. The molecule has 0 atom stereocenters. The van der Waals surface area contributed by atoms with Crippen molar-refractivity contribution >= 4 is 23.5 Å². The topological polar surface area (TPSA) is 73.0 Å². The monoisotopic (exact) mass is 320 g/mol. The average molecular weight is 320 g/mol. The number of benzene rings is 1. The smallest absolute Gasteiger partial charge is 0.325 e. The minimum Gasteiger partial charge on any atom is -0.353 e. The standard InChI is InChI=1S/C15H17FN4O3/c16-11-1-3-12(4-2-11)20-8-7-19(15(20)23)10-14(22)18-6-5-17-13(21)9-18/h1-4H,5-10H2,(H,17,21). The Morgan fingerprint density at radius 3 is 2.57 bits per heavy atom. The third kappa shape index (κ3) is 3.25. The number of urea groups is 1. The highest BCUT2D eigenvalue weighted by molar-refractivity contribution is 5.97. The quantitative estimate of drug-likeness (QED) is 0.854. The van der Waals surface area contributed by atoms with Gasteiger partial charge in [-0.15, -0.1) is 0 Å². The third-order valence-electron chi connectivity index (χ3n) is 3.95. The Balaban J connectivity index is 1.61. The van der Waals surface area contributed by atoms with E-state index in [2.05, 4.69) is 5.32 Å². The number of hydrogen-bond donors (Lipinski definition) is 1. The van der Waals surface area contributed by atoms with E-state index in [-0.39, 0.29) is 36.8 Å². The van der Waals surface area contributed by atoms with E-state index in [0.29, 0.717) is 31.9 Å². The second-order valence-corrected chi connectivity index (χ2v) is 5.50. The average Bonchev–Trinajstić information content (AvgIpc) is 2.89. The Bertz CT molecular complexity index is 634. The number of nitrogens with zero attached hydrogens (tertiary/aromatic N) is 3. The molecule has 1 aromatic carbocycles. The number of rotatable bonds is 3. The maximum atomic E-state index is 13.0. The second-order valence-electron chi connectivity index (χ2n) is 5.50. The van der Waals surface area contributed by atoms with Gasteiger partial charge in [0.05, 0.1) is 6.54 Å². The van der Waals surface area contributed by atoms with E-state index in [1.54, 1.807) is 0 Å². The Hall–Kier alpha value is -2.64. The molecule has 0 spiro atoms. The van der Waals surface area contributed by atoms with Gasteiger partial charge in [0.15, 0.2) is 0 Å². The second kappa shape index (κ2) is 6.23. The highest BCUT2D eigenvalue weighted by Gasteiger charge is 2.32. The van der Waals surface area contributed by atoms with Crippen LogP contribution in [0.5, 0.6) is 0 Å². The molecule has 2 aliphatic rings. The molecule has 8 heteroatoms. The molecule has 2 heterocycles. The number of amides is 4. The zero-order valence-electron chi connectivity index (χ0n) is 12.5. The summed E-state index contributed by atoms with van der Waals surface area (Å²) < 4.78 is 13.0. The largest absolute Gasteiger partial charge is 0.353 e. The first-order valence-electron chi connectivity index (χ1n) is 7.41. The van der Waals surface area contributed by atoms with Crippen LogP contribution in [-0.2, 0) is 9.59 Å². The third-order valence-corrected chi connectivity index (χ3v) is 3.95. The summed E-state index contributed by atoms with van der Waals surface area (Å²) >= 11 is 0. The first-order chi connectivity index (χ1) is 11.0. The molecule has 0 bridgehead atoms. The number of anilines is 1. The highest BCUT2D eigenvalue weighted by Crippen LogP contribution is 2.20. The van der Waals surface area contributed by atoms with E-state index in [0.717, 1.165) is 0 Å². The van der Waals surface area contributed by atoms with Gasteiger partial charge >= 0.3 is 6.03 Å². The van der Waals surface area contributed by atoms with Gasteiger partial charge in [-0.3, -0.25) is 14.5 Å². The fraction of sp³-hybridized carbons (Fsp3) is 0.400. The van der Waals surface area contributed by atoms with Gasteiger partial charge in [0.1, 0.15) is 12.4 Å². The van der Waals surface area contributed by atoms with Crippen LogP contribution in [0.4, 0.5) is 14.9 Å². The van der Waals surface area contributed by atoms with Gasteiger partial charge in [0.2, 0.25) is 11.8 Å². The van der Waals surface area contributed by atoms with Crippen molar-refractivity contribution in [1.29, 1.82) is 0 Å². The van der Waals surface area contributed by atoms with E-state index >= 15 is 0 Å². The first kappa shape index (κ1) is 15.3. The summed E-state index contributed by atoms with van der Waals surface area (Å²) in [6.45, 7) is 1.72. The molecule has 2 saturated heterocycles. The van der Waals surface area contributed by atoms with Crippen LogP contribution >= 0.6 is 0 Å². The molecular formula is C15H17FN4O3. The summed E-state index contributed by atoms with van der Waals surface area (Å²) in [5.41, 5.74) is 0.601. The molecule has 0 aromatic heterocycles. The predicted molar refractivity (Wildman–Crippen MR) is 80.3 cm³/mol. The molecule has 122 valence electrons. The van der Waals surface area contributed by atoms with E-state index in [9.17, 15) is 18.8 Å². The van der Waals surface area contributed by atoms with Crippen LogP contribution in [0.2, 0.25) is 0 Å². The molecule has 1 aromatic rings. The van der Waals surface area contributed by atoms with E-state index in [1.807, 2.05) is 0 Å². The van der Waals surface area contributed by atoms with Crippen molar-refractivity contribution < 1.29 is 18.8 Å². The molecule has 2 fully saturated rings. The number of carbonyl (C=O) groups excluding carboxylic acids is 3. The molecular weight excluding hydrogens is 303 g/mol. The molecule has 1 N–H and O–H groups in total. The number of piperazine rings is 1. The van der Waals surface area contributed by atoms with Crippen molar-refractivity contribution in [3.05, 3.63) is 30.1 Å². The zero-order chi connectivity index (χ0) is 16.4. The van der Waals surface area contributed by atoms with Crippen LogP contribution in [0.25, 0.3) is 0 Å². The van der Waals surface area contributed by atoms with Crippen molar-refractivity contribution in [3.8, 4) is 0 Å². The molecule has 0 radical (unpaired) electrons. The van der Waals surface area contributed by atoms with E-state index < -0.39 is 0 Å². The Morgan fingerprint density at radius 1 is 1.13 bits per heavy atom. The number of carbonyl (C=O) groups is 3. The normalized spacial score (nSPS) is 18.4. The number of halogens is 1. The minimum absolute atomic E-state index is 0.0303. The van der Waals surface area contributed by atoms with Crippen LogP contribution in [0.3, 0.4) is 0 Å². The lowest BCUT2D eigenvalue weighted by Crippen LogP contribution is -2.52. The molecule has 2 aliphatic heterocycles. The summed E-state index contributed by atoms with van der Waals surface area (Å²) in [6.07, 6.45) is 0. The van der Waals surface area contributed by atoms with Gasteiger partial charge in [-0.2, -0.15) is 0 Å². The van der Waals surface area contributed by atoms with Gasteiger partial charge in [-0.05, 0) is 24.3 Å². The van der Waals surface area contributed by atoms with Crippen molar-refractivity contribution in [3.63, 3.8) is 0 Å². The molecule has 0 aliphatic carbocycles. The lowest BCUT2D eigenvalue weighted by Gasteiger charge is -2.28. The Labute approximate surface area is 132 Å². The highest BCUT2D eigenvalue weighted by atomic mass is 19.1. The maximum absolute atomic E-state index is 13.0. The lowest BCUT2D eigenvalue weighted by atomic mass is 10.3. The molecule has 3 rings (SSSR count). The van der Waals surface area contributed by atoms with Gasteiger partial charge in [0, 0.05) is 31.9 Å². The van der Waals surface area contributed by atoms with Crippen molar-refractivity contribution in [2.24, 2.45) is 0 Å². The zero-order valence-corrected chi connectivity index (χ0v) is 12.5. The minimum atomic E-state index is -0.365. The summed E-state index contributed by atoms with van der Waals surface area (Å²) in [7, 11) is 0. The Morgan fingerprint density at radius 2 is 1.87 bits per heavy atom. The molecule has 23 heavy (non-hydrogen) atoms. The SMILES string of the molecule is O=C1CN(C(=O)CN2CCN(c3ccc(F)cc3)C2=O)CCN1. The molecule has 0 saturated carbocycles. The first-order valence-corrected chi connectivity index (χ1v) is 7.41. The van der Waals surface area contributed by atoms with Gasteiger partial charge < -0.3 is 15.1 Å². The molecule has 4 amide bonds. The van der Waals surface area contributed by atoms with Crippen LogP contribution in [-0.4, -0.2) is 66.9 Å². The van der Waals surface area contributed by atoms with Crippen molar-refractivity contribution in [2.45, 2.75) is 0 Å². The van der Waals surface area contributed by atoms with Gasteiger partial charge in [-0.25, -0.2) is 9.18 Å².